The van der Waals surface area contributed by atoms with Gasteiger partial charge in [0.2, 0.25) is 0 Å². The van der Waals surface area contributed by atoms with Crippen LogP contribution in [0.4, 0.5) is 5.69 Å². The molecule has 1 aliphatic heterocycles. The van der Waals surface area contributed by atoms with E-state index in [2.05, 4.69) is 0 Å². The maximum atomic E-state index is 11.2. The standard InChI is InChI=1S/C15H11NO6/c17-14(18)15-21-12-7-6-10(16(19)20)8-11(12)13(22-15)9-4-2-1-3-5-9/h1-8,13,15H,(H,17,18)/t13-,15-/m0/s1. The molecule has 0 amide bonds. The fourth-order valence-corrected chi connectivity index (χ4v) is 2.30. The molecule has 0 unspecified atom stereocenters. The van der Waals surface area contributed by atoms with Crippen molar-refractivity contribution in [1.82, 2.24) is 0 Å². The van der Waals surface area contributed by atoms with Crippen molar-refractivity contribution >= 4 is 11.7 Å². The van der Waals surface area contributed by atoms with Gasteiger partial charge in [-0.05, 0) is 11.6 Å². The molecule has 0 fully saturated rings. The van der Waals surface area contributed by atoms with E-state index >= 15 is 0 Å². The lowest BCUT2D eigenvalue weighted by Gasteiger charge is -2.30. The summed E-state index contributed by atoms with van der Waals surface area (Å²) in [6.07, 6.45) is -2.20. The van der Waals surface area contributed by atoms with E-state index in [-0.39, 0.29) is 11.4 Å². The summed E-state index contributed by atoms with van der Waals surface area (Å²) in [5.74, 6) is -0.997. The topological polar surface area (TPSA) is 98.9 Å². The van der Waals surface area contributed by atoms with Gasteiger partial charge in [0.25, 0.3) is 12.0 Å². The number of aliphatic carboxylic acids is 1. The molecule has 0 saturated heterocycles. The largest absolute Gasteiger partial charge is 0.477 e. The van der Waals surface area contributed by atoms with Crippen LogP contribution < -0.4 is 4.74 Å². The number of hydrogen-bond acceptors (Lipinski definition) is 5. The highest BCUT2D eigenvalue weighted by Crippen LogP contribution is 2.40. The average molecular weight is 301 g/mol. The summed E-state index contributed by atoms with van der Waals surface area (Å²) in [5, 5.41) is 20.0. The molecule has 1 aliphatic rings. The van der Waals surface area contributed by atoms with Crippen LogP contribution in [0.3, 0.4) is 0 Å². The highest BCUT2D eigenvalue weighted by molar-refractivity contribution is 5.72. The number of non-ortho nitro benzene ring substituents is 1. The first-order chi connectivity index (χ1) is 10.6. The third kappa shape index (κ3) is 2.49. The zero-order valence-corrected chi connectivity index (χ0v) is 11.2. The van der Waals surface area contributed by atoms with Crippen molar-refractivity contribution in [1.29, 1.82) is 0 Å². The summed E-state index contributed by atoms with van der Waals surface area (Å²) >= 11 is 0. The lowest BCUT2D eigenvalue weighted by Crippen LogP contribution is -2.35. The minimum Gasteiger partial charge on any atom is -0.477 e. The molecule has 2 atom stereocenters. The number of nitrogens with zero attached hydrogens (tertiary/aromatic N) is 1. The number of ether oxygens (including phenoxy) is 2. The quantitative estimate of drug-likeness (QED) is 0.690. The lowest BCUT2D eigenvalue weighted by molar-refractivity contribution is -0.385. The van der Waals surface area contributed by atoms with Gasteiger partial charge in [0, 0.05) is 17.7 Å². The van der Waals surface area contributed by atoms with Crippen molar-refractivity contribution in [3.8, 4) is 5.75 Å². The van der Waals surface area contributed by atoms with Gasteiger partial charge >= 0.3 is 5.97 Å². The molecule has 0 radical (unpaired) electrons. The second-order valence-electron chi connectivity index (χ2n) is 4.69. The van der Waals surface area contributed by atoms with Gasteiger partial charge in [-0.25, -0.2) is 4.79 Å². The fourth-order valence-electron chi connectivity index (χ4n) is 2.30. The fraction of sp³-hybridized carbons (Fsp3) is 0.133. The van der Waals surface area contributed by atoms with Crippen LogP contribution in [0.5, 0.6) is 5.75 Å². The summed E-state index contributed by atoms with van der Waals surface area (Å²) in [6.45, 7) is 0. The van der Waals surface area contributed by atoms with Crippen LogP contribution in [0, 0.1) is 10.1 Å². The molecule has 2 aromatic carbocycles. The van der Waals surface area contributed by atoms with Gasteiger partial charge in [-0.1, -0.05) is 30.3 Å². The Hall–Kier alpha value is -2.93. The molecule has 1 heterocycles. The number of hydrogen-bond donors (Lipinski definition) is 1. The zero-order chi connectivity index (χ0) is 15.7. The third-order valence-corrected chi connectivity index (χ3v) is 3.28. The molecule has 3 rings (SSSR count). The molecular formula is C15H11NO6. The second kappa shape index (κ2) is 5.45. The number of benzene rings is 2. The van der Waals surface area contributed by atoms with Gasteiger partial charge in [0.05, 0.1) is 4.92 Å². The first-order valence-electron chi connectivity index (χ1n) is 6.44. The van der Waals surface area contributed by atoms with Crippen LogP contribution >= 0.6 is 0 Å². The average Bonchev–Trinajstić information content (AvgIpc) is 2.54. The summed E-state index contributed by atoms with van der Waals surface area (Å²) in [4.78, 5) is 21.6. The molecule has 7 heteroatoms. The monoisotopic (exact) mass is 301 g/mol. The Morgan fingerprint density at radius 3 is 2.55 bits per heavy atom. The van der Waals surface area contributed by atoms with Crippen molar-refractivity contribution in [2.75, 3.05) is 0 Å². The van der Waals surface area contributed by atoms with E-state index in [9.17, 15) is 14.9 Å². The predicted octanol–water partition coefficient (Wildman–Crippen LogP) is 2.50. The number of fused-ring (bicyclic) bond motifs is 1. The van der Waals surface area contributed by atoms with Gasteiger partial charge in [0.1, 0.15) is 11.9 Å². The molecule has 2 aromatic rings. The molecule has 0 bridgehead atoms. The Bertz CT molecular complexity index is 730. The van der Waals surface area contributed by atoms with Crippen LogP contribution in [0.1, 0.15) is 17.2 Å². The van der Waals surface area contributed by atoms with E-state index in [1.165, 1.54) is 18.2 Å². The van der Waals surface area contributed by atoms with E-state index in [0.29, 0.717) is 11.1 Å². The molecule has 0 aromatic heterocycles. The number of carboxylic acids is 1. The minimum atomic E-state index is -1.46. The molecule has 0 aliphatic carbocycles. The van der Waals surface area contributed by atoms with Crippen LogP contribution in [-0.2, 0) is 9.53 Å². The van der Waals surface area contributed by atoms with Crippen LogP contribution in [0.25, 0.3) is 0 Å². The van der Waals surface area contributed by atoms with Crippen molar-refractivity contribution in [2.24, 2.45) is 0 Å². The van der Waals surface area contributed by atoms with Crippen LogP contribution in [0.2, 0.25) is 0 Å². The van der Waals surface area contributed by atoms with E-state index in [0.717, 1.165) is 0 Å². The molecule has 7 nitrogen and oxygen atoms in total. The first-order valence-corrected chi connectivity index (χ1v) is 6.44. The smallest absolute Gasteiger partial charge is 0.373 e. The van der Waals surface area contributed by atoms with Gasteiger partial charge in [0.15, 0.2) is 0 Å². The summed E-state index contributed by atoms with van der Waals surface area (Å²) in [5.41, 5.74) is 1.01. The molecule has 1 N–H and O–H groups in total. The van der Waals surface area contributed by atoms with Crippen molar-refractivity contribution < 1.29 is 24.3 Å². The van der Waals surface area contributed by atoms with E-state index in [4.69, 9.17) is 14.6 Å². The maximum absolute atomic E-state index is 11.2. The Morgan fingerprint density at radius 2 is 1.91 bits per heavy atom. The molecule has 22 heavy (non-hydrogen) atoms. The Labute approximate surface area is 124 Å². The second-order valence-corrected chi connectivity index (χ2v) is 4.69. The Balaban J connectivity index is 2.10. The first kappa shape index (κ1) is 14.0. The number of carboxylic acid groups (broad SMARTS) is 1. The van der Waals surface area contributed by atoms with E-state index < -0.39 is 23.3 Å². The van der Waals surface area contributed by atoms with Gasteiger partial charge in [-0.15, -0.1) is 0 Å². The number of rotatable bonds is 3. The molecular weight excluding hydrogens is 290 g/mol. The molecule has 112 valence electrons. The van der Waals surface area contributed by atoms with Crippen molar-refractivity contribution in [2.45, 2.75) is 12.4 Å². The molecule has 0 saturated carbocycles. The third-order valence-electron chi connectivity index (χ3n) is 3.28. The summed E-state index contributed by atoms with van der Waals surface area (Å²) in [7, 11) is 0. The van der Waals surface area contributed by atoms with Gasteiger partial charge in [-0.2, -0.15) is 0 Å². The predicted molar refractivity (Wildman–Crippen MR) is 74.5 cm³/mol. The highest BCUT2D eigenvalue weighted by atomic mass is 16.7. The highest BCUT2D eigenvalue weighted by Gasteiger charge is 2.35. The minimum absolute atomic E-state index is 0.111. The zero-order valence-electron chi connectivity index (χ0n) is 11.2. The number of nitro groups is 1. The Morgan fingerprint density at radius 1 is 1.18 bits per heavy atom. The van der Waals surface area contributed by atoms with Crippen molar-refractivity contribution in [3.63, 3.8) is 0 Å². The lowest BCUT2D eigenvalue weighted by atomic mass is 9.99. The van der Waals surface area contributed by atoms with Crippen molar-refractivity contribution in [3.05, 3.63) is 69.8 Å². The summed E-state index contributed by atoms with van der Waals surface area (Å²) < 4.78 is 10.7. The van der Waals surface area contributed by atoms with Crippen LogP contribution in [-0.4, -0.2) is 22.3 Å². The van der Waals surface area contributed by atoms with Gasteiger partial charge in [-0.3, -0.25) is 10.1 Å². The SMILES string of the molecule is O=C(O)[C@H]1Oc2ccc([N+](=O)[O-])cc2[C@H](c2ccccc2)O1. The number of carbonyl (C=O) groups is 1. The van der Waals surface area contributed by atoms with Crippen LogP contribution in [0.15, 0.2) is 48.5 Å². The normalized spacial score (nSPS) is 19.8. The van der Waals surface area contributed by atoms with E-state index in [1.54, 1.807) is 24.3 Å². The van der Waals surface area contributed by atoms with Gasteiger partial charge < -0.3 is 14.6 Å². The summed E-state index contributed by atoms with van der Waals surface area (Å²) in [6, 6.07) is 12.9. The van der Waals surface area contributed by atoms with E-state index in [1.807, 2.05) is 6.07 Å². The number of nitro benzene ring substituents is 1. The Kier molecular flexibility index (Phi) is 3.48. The molecule has 0 spiro atoms. The maximum Gasteiger partial charge on any atom is 0.373 e.